The number of nitrogens with zero attached hydrogens (tertiary/aromatic N) is 1. The maximum absolute atomic E-state index is 13.8. The van der Waals surface area contributed by atoms with E-state index >= 15 is 0 Å². The summed E-state index contributed by atoms with van der Waals surface area (Å²) < 4.78 is 10.3. The van der Waals surface area contributed by atoms with E-state index in [1.165, 1.54) is 6.92 Å². The minimum absolute atomic E-state index is 0.0814. The molecule has 0 spiro atoms. The number of carbonyl (C=O) groups excluding carboxylic acids is 3. The Hall–Kier alpha value is -4.59. The molecule has 1 aliphatic rings. The molecular weight excluding hydrogens is 458 g/mol. The van der Waals surface area contributed by atoms with E-state index in [-0.39, 0.29) is 5.57 Å². The van der Waals surface area contributed by atoms with E-state index in [1.807, 2.05) is 18.2 Å². The second-order valence-electron chi connectivity index (χ2n) is 8.40. The first-order chi connectivity index (χ1) is 17.3. The molecular formula is C28H27N3O5. The maximum Gasteiger partial charge on any atom is 0.261 e. The van der Waals surface area contributed by atoms with Gasteiger partial charge in [-0.25, -0.2) is 0 Å². The Balaban J connectivity index is 1.69. The van der Waals surface area contributed by atoms with Crippen LogP contribution >= 0.6 is 0 Å². The predicted octanol–water partition coefficient (Wildman–Crippen LogP) is 4.40. The van der Waals surface area contributed by atoms with Crippen LogP contribution in [-0.2, 0) is 14.4 Å². The van der Waals surface area contributed by atoms with Crippen molar-refractivity contribution in [3.8, 4) is 11.5 Å². The molecule has 2 amide bonds. The Kier molecular flexibility index (Phi) is 6.78. The summed E-state index contributed by atoms with van der Waals surface area (Å²) in [5, 5.41) is 5.58. The number of nitrogens with one attached hydrogen (secondary N) is 2. The van der Waals surface area contributed by atoms with Crippen molar-refractivity contribution in [2.45, 2.75) is 19.4 Å². The van der Waals surface area contributed by atoms with E-state index in [4.69, 9.17) is 9.47 Å². The Bertz CT molecular complexity index is 1320. The molecule has 184 valence electrons. The summed E-state index contributed by atoms with van der Waals surface area (Å²) in [4.78, 5) is 42.4. The van der Waals surface area contributed by atoms with Gasteiger partial charge in [-0.15, -0.1) is 0 Å². The lowest BCUT2D eigenvalue weighted by atomic mass is 9.91. The molecule has 8 nitrogen and oxygen atoms in total. The van der Waals surface area contributed by atoms with Crippen LogP contribution in [-0.4, -0.2) is 37.4 Å². The number of amides is 2. The molecule has 3 aromatic carbocycles. The van der Waals surface area contributed by atoms with Gasteiger partial charge in [0.05, 0.1) is 14.2 Å². The molecule has 1 heterocycles. The summed E-state index contributed by atoms with van der Waals surface area (Å²) in [5.41, 5.74) is 0.209. The quantitative estimate of drug-likeness (QED) is 0.380. The predicted molar refractivity (Wildman–Crippen MR) is 138 cm³/mol. The van der Waals surface area contributed by atoms with E-state index in [0.717, 1.165) is 0 Å². The van der Waals surface area contributed by atoms with Gasteiger partial charge in [-0.05, 0) is 74.5 Å². The Morgan fingerprint density at radius 3 is 1.78 bits per heavy atom. The van der Waals surface area contributed by atoms with Crippen molar-refractivity contribution < 1.29 is 23.9 Å². The highest BCUT2D eigenvalue weighted by Gasteiger charge is 2.55. The normalized spacial score (nSPS) is 17.1. The number of anilines is 3. The Morgan fingerprint density at radius 2 is 1.28 bits per heavy atom. The molecule has 3 aromatic rings. The zero-order valence-electron chi connectivity index (χ0n) is 20.5. The zero-order chi connectivity index (χ0) is 25.9. The number of para-hydroxylation sites is 1. The van der Waals surface area contributed by atoms with Gasteiger partial charge in [0.1, 0.15) is 17.1 Å². The first-order valence-electron chi connectivity index (χ1n) is 11.3. The zero-order valence-corrected chi connectivity index (χ0v) is 20.5. The van der Waals surface area contributed by atoms with Gasteiger partial charge in [0.15, 0.2) is 5.54 Å². The summed E-state index contributed by atoms with van der Waals surface area (Å²) in [6, 6.07) is 22.6. The molecule has 0 saturated carbocycles. The Morgan fingerprint density at radius 1 is 0.778 bits per heavy atom. The van der Waals surface area contributed by atoms with Gasteiger partial charge in [-0.1, -0.05) is 18.2 Å². The van der Waals surface area contributed by atoms with Crippen molar-refractivity contribution in [2.24, 2.45) is 0 Å². The molecule has 4 rings (SSSR count). The van der Waals surface area contributed by atoms with E-state index in [1.54, 1.807) is 86.7 Å². The minimum Gasteiger partial charge on any atom is -0.497 e. The van der Waals surface area contributed by atoms with E-state index in [9.17, 15) is 14.4 Å². The highest BCUT2D eigenvalue weighted by molar-refractivity contribution is 6.36. The third kappa shape index (κ3) is 4.40. The summed E-state index contributed by atoms with van der Waals surface area (Å²) in [6.45, 7) is 3.19. The number of Topliss-reactive ketones (excluding diaryl/α,β-unsaturated/α-hetero) is 1. The summed E-state index contributed by atoms with van der Waals surface area (Å²) >= 11 is 0. The second-order valence-corrected chi connectivity index (χ2v) is 8.40. The van der Waals surface area contributed by atoms with Crippen LogP contribution in [0.3, 0.4) is 0 Å². The van der Waals surface area contributed by atoms with Gasteiger partial charge in [0.2, 0.25) is 5.78 Å². The summed E-state index contributed by atoms with van der Waals surface area (Å²) in [6.07, 6.45) is 0. The lowest BCUT2D eigenvalue weighted by Crippen LogP contribution is -2.56. The third-order valence-electron chi connectivity index (χ3n) is 6.19. The van der Waals surface area contributed by atoms with Crippen LogP contribution in [0, 0.1) is 0 Å². The average Bonchev–Trinajstić information content (AvgIpc) is 3.10. The lowest BCUT2D eigenvalue weighted by molar-refractivity contribution is -0.129. The first kappa shape index (κ1) is 24.5. The van der Waals surface area contributed by atoms with Crippen molar-refractivity contribution in [1.82, 2.24) is 0 Å². The van der Waals surface area contributed by atoms with E-state index in [0.29, 0.717) is 34.3 Å². The number of benzene rings is 3. The first-order valence-corrected chi connectivity index (χ1v) is 11.3. The average molecular weight is 486 g/mol. The molecule has 0 saturated heterocycles. The van der Waals surface area contributed by atoms with Crippen LogP contribution < -0.4 is 25.0 Å². The molecule has 0 fully saturated rings. The van der Waals surface area contributed by atoms with Crippen LogP contribution in [0.15, 0.2) is 90.1 Å². The molecule has 2 N–H and O–H groups in total. The SMILES string of the molecule is COc1ccc(NC(=O)C2=C(C)N(c3ccccc3)C(C)(C(=O)Nc3ccc(OC)cc3)C2=O)cc1. The number of hydrogen-bond donors (Lipinski definition) is 2. The van der Waals surface area contributed by atoms with Gasteiger partial charge in [0.25, 0.3) is 11.8 Å². The number of ether oxygens (including phenoxy) is 2. The largest absolute Gasteiger partial charge is 0.497 e. The number of carbonyl (C=O) groups is 3. The van der Waals surface area contributed by atoms with Gasteiger partial charge >= 0.3 is 0 Å². The monoisotopic (exact) mass is 485 g/mol. The second kappa shape index (κ2) is 9.95. The number of ketones is 1. The van der Waals surface area contributed by atoms with Crippen molar-refractivity contribution in [2.75, 3.05) is 29.8 Å². The third-order valence-corrected chi connectivity index (χ3v) is 6.19. The van der Waals surface area contributed by atoms with Crippen LogP contribution in [0.25, 0.3) is 0 Å². The van der Waals surface area contributed by atoms with Crippen molar-refractivity contribution in [1.29, 1.82) is 0 Å². The highest BCUT2D eigenvalue weighted by Crippen LogP contribution is 2.39. The molecule has 1 atom stereocenters. The number of rotatable bonds is 7. The number of hydrogen-bond acceptors (Lipinski definition) is 6. The highest BCUT2D eigenvalue weighted by atomic mass is 16.5. The fourth-order valence-electron chi connectivity index (χ4n) is 4.25. The lowest BCUT2D eigenvalue weighted by Gasteiger charge is -2.35. The molecule has 0 radical (unpaired) electrons. The van der Waals surface area contributed by atoms with Gasteiger partial charge in [0, 0.05) is 22.8 Å². The van der Waals surface area contributed by atoms with Gasteiger partial charge in [-0.3, -0.25) is 14.4 Å². The smallest absolute Gasteiger partial charge is 0.261 e. The van der Waals surface area contributed by atoms with Crippen LogP contribution in [0.1, 0.15) is 13.8 Å². The van der Waals surface area contributed by atoms with Crippen molar-refractivity contribution in [3.05, 3.63) is 90.1 Å². The molecule has 0 aliphatic carbocycles. The molecule has 1 unspecified atom stereocenters. The fourth-order valence-corrected chi connectivity index (χ4v) is 4.25. The van der Waals surface area contributed by atoms with Crippen LogP contribution in [0.4, 0.5) is 17.1 Å². The van der Waals surface area contributed by atoms with Gasteiger partial charge < -0.3 is 25.0 Å². The number of methoxy groups -OCH3 is 2. The fraction of sp³-hybridized carbons (Fsp3) is 0.179. The topological polar surface area (TPSA) is 97.0 Å². The van der Waals surface area contributed by atoms with E-state index < -0.39 is 23.1 Å². The standard InChI is InChI=1S/C28H27N3O5/c1-18-24(26(33)29-19-10-14-22(35-3)15-11-19)25(32)28(2,31(18)21-8-6-5-7-9-21)27(34)30-20-12-16-23(36-4)17-13-20/h5-17H,1-4H3,(H,29,33)(H,30,34). The van der Waals surface area contributed by atoms with Crippen LogP contribution in [0.2, 0.25) is 0 Å². The van der Waals surface area contributed by atoms with Crippen LogP contribution in [0.5, 0.6) is 11.5 Å². The molecule has 0 bridgehead atoms. The molecule has 0 aromatic heterocycles. The number of allylic oxidation sites excluding steroid dienone is 1. The van der Waals surface area contributed by atoms with Crippen molar-refractivity contribution >= 4 is 34.7 Å². The van der Waals surface area contributed by atoms with Crippen molar-refractivity contribution in [3.63, 3.8) is 0 Å². The molecule has 36 heavy (non-hydrogen) atoms. The van der Waals surface area contributed by atoms with E-state index in [2.05, 4.69) is 10.6 Å². The minimum atomic E-state index is -1.70. The maximum atomic E-state index is 13.8. The summed E-state index contributed by atoms with van der Waals surface area (Å²) in [7, 11) is 3.10. The Labute approximate surface area is 209 Å². The summed E-state index contributed by atoms with van der Waals surface area (Å²) in [5.74, 6) is -0.478. The molecule has 1 aliphatic heterocycles. The molecule has 8 heteroatoms. The van der Waals surface area contributed by atoms with Gasteiger partial charge in [-0.2, -0.15) is 0 Å².